The highest BCUT2D eigenvalue weighted by Crippen LogP contribution is 2.40. The molecule has 0 fully saturated rings. The molecule has 14 rings (SSSR count). The number of aromatic nitrogens is 6. The zero-order valence-electron chi connectivity index (χ0n) is 37.3. The highest BCUT2D eigenvalue weighted by atomic mass is 15.0. The van der Waals surface area contributed by atoms with Gasteiger partial charge >= 0.3 is 0 Å². The van der Waals surface area contributed by atoms with E-state index in [0.717, 1.165) is 50.4 Å². The van der Waals surface area contributed by atoms with Gasteiger partial charge in [0, 0.05) is 66.1 Å². The van der Waals surface area contributed by atoms with Gasteiger partial charge in [0.1, 0.15) is 0 Å². The predicted octanol–water partition coefficient (Wildman–Crippen LogP) is 15.8. The number of hydrogen-bond acceptors (Lipinski definition) is 3. The van der Waals surface area contributed by atoms with E-state index >= 15 is 0 Å². The van der Waals surface area contributed by atoms with Crippen LogP contribution in [0.25, 0.3) is 128 Å². The molecule has 0 aliphatic rings. The van der Waals surface area contributed by atoms with Crippen molar-refractivity contribution in [2.24, 2.45) is 0 Å². The Morgan fingerprint density at radius 3 is 0.884 bits per heavy atom. The molecule has 10 aromatic carbocycles. The summed E-state index contributed by atoms with van der Waals surface area (Å²) in [6, 6.07) is 86.4. The van der Waals surface area contributed by atoms with Crippen molar-refractivity contribution in [3.63, 3.8) is 0 Å². The molecule has 0 radical (unpaired) electrons. The maximum Gasteiger partial charge on any atom is 0.164 e. The topological polar surface area (TPSA) is 53.5 Å². The first kappa shape index (κ1) is 38.8. The molecule has 4 aromatic heterocycles. The molecule has 0 N–H and O–H groups in total. The Hall–Kier alpha value is -9.39. The van der Waals surface area contributed by atoms with Crippen molar-refractivity contribution in [3.8, 4) is 62.4 Å². The number of para-hydroxylation sites is 4. The van der Waals surface area contributed by atoms with Crippen molar-refractivity contribution in [3.05, 3.63) is 243 Å². The maximum atomic E-state index is 4.94. The summed E-state index contributed by atoms with van der Waals surface area (Å²) < 4.78 is 7.22. The van der Waals surface area contributed by atoms with E-state index in [1.165, 1.54) is 59.9 Å². The summed E-state index contributed by atoms with van der Waals surface area (Å²) in [6.07, 6.45) is 0. The lowest BCUT2D eigenvalue weighted by molar-refractivity contribution is 1.07. The molecule has 0 aliphatic heterocycles. The fraction of sp³-hybridized carbons (Fsp3) is 0. The summed E-state index contributed by atoms with van der Waals surface area (Å²) >= 11 is 0. The van der Waals surface area contributed by atoms with Crippen LogP contribution in [0.4, 0.5) is 0 Å². The van der Waals surface area contributed by atoms with Crippen LogP contribution in [0, 0.1) is 0 Å². The van der Waals surface area contributed by atoms with Gasteiger partial charge in [-0.25, -0.2) is 15.0 Å². The fourth-order valence-electron chi connectivity index (χ4n) is 10.5. The van der Waals surface area contributed by atoms with Gasteiger partial charge in [-0.15, -0.1) is 0 Å². The van der Waals surface area contributed by atoms with E-state index in [0.29, 0.717) is 17.5 Å². The fourth-order valence-corrected chi connectivity index (χ4v) is 10.5. The van der Waals surface area contributed by atoms with Crippen molar-refractivity contribution in [1.29, 1.82) is 0 Å². The SMILES string of the molecule is c1ccc(-c2nc(-c3ccccc3)nc(-c3ccc(-c4ccc(-n5c6ccccc6c6cc(-n7c8ccccc8c8cc(-n9c%10ccccc%10c%10ccccc%109)ccc87)ccc65)cc4)cc3)n2)cc1. The summed E-state index contributed by atoms with van der Waals surface area (Å²) in [5.74, 6) is 1.94. The number of benzene rings is 10. The number of rotatable bonds is 7. The lowest BCUT2D eigenvalue weighted by atomic mass is 10.0. The number of hydrogen-bond donors (Lipinski definition) is 0. The molecular formula is C63H40N6. The van der Waals surface area contributed by atoms with Gasteiger partial charge in [0.05, 0.1) is 33.1 Å². The molecule has 0 amide bonds. The average molecular weight is 881 g/mol. The van der Waals surface area contributed by atoms with Gasteiger partial charge in [-0.05, 0) is 83.9 Å². The molecule has 0 aliphatic carbocycles. The van der Waals surface area contributed by atoms with E-state index in [-0.39, 0.29) is 0 Å². The molecule has 0 atom stereocenters. The number of nitrogens with zero attached hydrogens (tertiary/aromatic N) is 6. The van der Waals surface area contributed by atoms with Crippen LogP contribution < -0.4 is 0 Å². The maximum absolute atomic E-state index is 4.94. The minimum atomic E-state index is 0.641. The van der Waals surface area contributed by atoms with Gasteiger partial charge < -0.3 is 13.7 Å². The van der Waals surface area contributed by atoms with E-state index < -0.39 is 0 Å². The molecule has 4 heterocycles. The Kier molecular flexibility index (Phi) is 8.79. The largest absolute Gasteiger partial charge is 0.309 e. The first-order chi connectivity index (χ1) is 34.2. The van der Waals surface area contributed by atoms with Crippen LogP contribution in [0.1, 0.15) is 0 Å². The van der Waals surface area contributed by atoms with Gasteiger partial charge in [-0.2, -0.15) is 0 Å². The summed E-state index contributed by atoms with van der Waals surface area (Å²) in [4.78, 5) is 14.7. The zero-order chi connectivity index (χ0) is 45.4. The molecule has 0 spiro atoms. The van der Waals surface area contributed by atoms with Crippen LogP contribution in [-0.4, -0.2) is 28.7 Å². The molecule has 0 saturated heterocycles. The molecule has 6 heteroatoms. The van der Waals surface area contributed by atoms with Crippen LogP contribution in [0.3, 0.4) is 0 Å². The first-order valence-corrected chi connectivity index (χ1v) is 23.4. The van der Waals surface area contributed by atoms with Crippen LogP contribution in [0.2, 0.25) is 0 Å². The smallest absolute Gasteiger partial charge is 0.164 e. The molecule has 14 aromatic rings. The quantitative estimate of drug-likeness (QED) is 0.160. The van der Waals surface area contributed by atoms with Crippen molar-refractivity contribution in [1.82, 2.24) is 28.7 Å². The first-order valence-electron chi connectivity index (χ1n) is 23.4. The predicted molar refractivity (Wildman–Crippen MR) is 285 cm³/mol. The van der Waals surface area contributed by atoms with Gasteiger partial charge in [0.15, 0.2) is 17.5 Å². The molecule has 322 valence electrons. The molecule has 0 unspecified atom stereocenters. The normalized spacial score (nSPS) is 11.8. The molecule has 0 saturated carbocycles. The summed E-state index contributed by atoms with van der Waals surface area (Å²) in [6.45, 7) is 0. The standard InChI is InChI=1S/C63H40N6/c1-3-15-43(16-4-1)61-64-62(44-17-5-2-6-18-44)66-63(65-61)45-29-27-41(28-30-45)42-31-33-46(34-32-42)67-57-25-13-9-21-51(57)53-40-48(35-37-59(53)67)69-58-26-14-10-22-52(58)54-39-47(36-38-60(54)69)68-55-23-11-7-19-49(55)50-20-8-12-24-56(50)68/h1-40H. The third kappa shape index (κ3) is 6.30. The second kappa shape index (κ2) is 15.6. The van der Waals surface area contributed by atoms with Crippen LogP contribution >= 0.6 is 0 Å². The van der Waals surface area contributed by atoms with E-state index in [1.807, 2.05) is 60.7 Å². The lowest BCUT2D eigenvalue weighted by Crippen LogP contribution is -2.00. The Morgan fingerprint density at radius 1 is 0.203 bits per heavy atom. The zero-order valence-corrected chi connectivity index (χ0v) is 37.3. The Balaban J connectivity index is 0.826. The number of fused-ring (bicyclic) bond motifs is 9. The van der Waals surface area contributed by atoms with Gasteiger partial charge in [0.2, 0.25) is 0 Å². The van der Waals surface area contributed by atoms with Gasteiger partial charge in [-0.1, -0.05) is 170 Å². The third-order valence-electron chi connectivity index (χ3n) is 13.7. The van der Waals surface area contributed by atoms with Gasteiger partial charge in [-0.3, -0.25) is 0 Å². The van der Waals surface area contributed by atoms with Gasteiger partial charge in [0.25, 0.3) is 0 Å². The lowest BCUT2D eigenvalue weighted by Gasteiger charge is -2.12. The second-order valence-corrected chi connectivity index (χ2v) is 17.6. The van der Waals surface area contributed by atoms with E-state index in [1.54, 1.807) is 0 Å². The van der Waals surface area contributed by atoms with Crippen LogP contribution in [-0.2, 0) is 0 Å². The molecule has 0 bridgehead atoms. The summed E-state index contributed by atoms with van der Waals surface area (Å²) in [7, 11) is 0. The molecule has 6 nitrogen and oxygen atoms in total. The van der Waals surface area contributed by atoms with E-state index in [4.69, 9.17) is 15.0 Å². The highest BCUT2D eigenvalue weighted by Gasteiger charge is 2.19. The highest BCUT2D eigenvalue weighted by molar-refractivity contribution is 6.14. The Labute approximate surface area is 397 Å². The summed E-state index contributed by atoms with van der Waals surface area (Å²) in [5, 5.41) is 7.40. The van der Waals surface area contributed by atoms with Crippen molar-refractivity contribution < 1.29 is 0 Å². The third-order valence-corrected chi connectivity index (χ3v) is 13.7. The Morgan fingerprint density at radius 2 is 0.478 bits per heavy atom. The van der Waals surface area contributed by atoms with Crippen LogP contribution in [0.15, 0.2) is 243 Å². The van der Waals surface area contributed by atoms with E-state index in [9.17, 15) is 0 Å². The van der Waals surface area contributed by atoms with E-state index in [2.05, 4.69) is 196 Å². The van der Waals surface area contributed by atoms with Crippen molar-refractivity contribution >= 4 is 65.4 Å². The molecular weight excluding hydrogens is 841 g/mol. The minimum Gasteiger partial charge on any atom is -0.309 e. The monoisotopic (exact) mass is 880 g/mol. The molecule has 69 heavy (non-hydrogen) atoms. The Bertz CT molecular complexity index is 4170. The summed E-state index contributed by atoms with van der Waals surface area (Å²) in [5.41, 5.74) is 15.6. The van der Waals surface area contributed by atoms with Crippen molar-refractivity contribution in [2.45, 2.75) is 0 Å². The van der Waals surface area contributed by atoms with Crippen molar-refractivity contribution in [2.75, 3.05) is 0 Å². The second-order valence-electron chi connectivity index (χ2n) is 17.6. The minimum absolute atomic E-state index is 0.641. The average Bonchev–Trinajstić information content (AvgIpc) is 4.06. The van der Waals surface area contributed by atoms with Crippen LogP contribution in [0.5, 0.6) is 0 Å².